The average molecular weight is 389 g/mol. The van der Waals surface area contributed by atoms with Crippen LogP contribution in [0.15, 0.2) is 28.9 Å². The zero-order valence-electron chi connectivity index (χ0n) is 11.3. The van der Waals surface area contributed by atoms with Crippen LogP contribution in [0.25, 0.3) is 0 Å². The second-order valence-electron chi connectivity index (χ2n) is 4.71. The average Bonchev–Trinajstić information content (AvgIpc) is 2.42. The minimum atomic E-state index is -0.280. The molecule has 0 spiro atoms. The third-order valence-corrected chi connectivity index (χ3v) is 4.05. The summed E-state index contributed by atoms with van der Waals surface area (Å²) >= 11 is 15.0. The van der Waals surface area contributed by atoms with E-state index in [4.69, 9.17) is 23.2 Å². The number of carbonyl (C=O) groups excluding carboxylic acids is 1. The number of aromatic nitrogens is 2. The molecule has 2 rings (SSSR count). The van der Waals surface area contributed by atoms with Gasteiger partial charge in [-0.3, -0.25) is 4.79 Å². The molecule has 1 amide bonds. The van der Waals surface area contributed by atoms with E-state index in [1.54, 1.807) is 12.1 Å². The number of anilines is 1. The molecular formula is C14H12BrCl2N3O. The monoisotopic (exact) mass is 387 g/mol. The molecule has 110 valence electrons. The molecule has 0 radical (unpaired) electrons. The van der Waals surface area contributed by atoms with Gasteiger partial charge >= 0.3 is 0 Å². The first-order valence-electron chi connectivity index (χ1n) is 6.16. The summed E-state index contributed by atoms with van der Waals surface area (Å²) in [6.45, 7) is 3.97. The molecule has 2 aromatic heterocycles. The Labute approximate surface area is 141 Å². The summed E-state index contributed by atoms with van der Waals surface area (Å²) in [5.74, 6) is -0.0983. The van der Waals surface area contributed by atoms with Crippen molar-refractivity contribution in [3.63, 3.8) is 0 Å². The highest BCUT2D eigenvalue weighted by Gasteiger charge is 2.12. The van der Waals surface area contributed by atoms with Gasteiger partial charge in [-0.15, -0.1) is 0 Å². The van der Waals surface area contributed by atoms with Crippen molar-refractivity contribution in [2.24, 2.45) is 0 Å². The number of nitrogens with zero attached hydrogens (tertiary/aromatic N) is 2. The maximum absolute atomic E-state index is 12.3. The van der Waals surface area contributed by atoms with Crippen molar-refractivity contribution in [2.45, 2.75) is 19.8 Å². The molecule has 2 heterocycles. The van der Waals surface area contributed by atoms with E-state index in [2.05, 4.69) is 31.2 Å². The van der Waals surface area contributed by atoms with Crippen molar-refractivity contribution in [3.05, 3.63) is 50.4 Å². The van der Waals surface area contributed by atoms with Crippen molar-refractivity contribution in [1.29, 1.82) is 0 Å². The summed E-state index contributed by atoms with van der Waals surface area (Å²) in [6, 6.07) is 4.94. The summed E-state index contributed by atoms with van der Waals surface area (Å²) in [6.07, 6.45) is 1.48. The van der Waals surface area contributed by atoms with Gasteiger partial charge in [0.2, 0.25) is 0 Å². The van der Waals surface area contributed by atoms with E-state index in [0.29, 0.717) is 26.0 Å². The Morgan fingerprint density at radius 3 is 2.62 bits per heavy atom. The number of pyridine rings is 2. The van der Waals surface area contributed by atoms with Crippen molar-refractivity contribution >= 4 is 50.7 Å². The molecule has 0 aliphatic rings. The first kappa shape index (κ1) is 16.2. The van der Waals surface area contributed by atoms with Gasteiger partial charge < -0.3 is 5.32 Å². The second-order valence-corrected chi connectivity index (χ2v) is 6.31. The van der Waals surface area contributed by atoms with Gasteiger partial charge in [-0.05, 0) is 40.0 Å². The molecule has 0 saturated carbocycles. The fourth-order valence-electron chi connectivity index (χ4n) is 1.64. The largest absolute Gasteiger partial charge is 0.321 e. The lowest BCUT2D eigenvalue weighted by molar-refractivity contribution is 0.102. The molecule has 0 aromatic carbocycles. The first-order chi connectivity index (χ1) is 9.86. The molecule has 0 aliphatic carbocycles. The molecule has 21 heavy (non-hydrogen) atoms. The smallest absolute Gasteiger partial charge is 0.255 e. The van der Waals surface area contributed by atoms with Crippen molar-refractivity contribution in [1.82, 2.24) is 9.97 Å². The standard InChI is InChI=1S/C14H12BrCl2N3O/c1-7(2)11-3-8(4-12(16)20-11)14(21)19-9-5-10(15)13(17)18-6-9/h3-7H,1-2H3,(H,19,21). The lowest BCUT2D eigenvalue weighted by atomic mass is 10.1. The second kappa shape index (κ2) is 6.73. The molecule has 0 aliphatic heterocycles. The van der Waals surface area contributed by atoms with Gasteiger partial charge in [-0.25, -0.2) is 9.97 Å². The quantitative estimate of drug-likeness (QED) is 0.759. The fraction of sp³-hybridized carbons (Fsp3) is 0.214. The van der Waals surface area contributed by atoms with Crippen molar-refractivity contribution in [3.8, 4) is 0 Å². The number of hydrogen-bond donors (Lipinski definition) is 1. The van der Waals surface area contributed by atoms with Gasteiger partial charge in [-0.2, -0.15) is 0 Å². The lowest BCUT2D eigenvalue weighted by Crippen LogP contribution is -2.13. The summed E-state index contributed by atoms with van der Waals surface area (Å²) in [5, 5.41) is 3.37. The van der Waals surface area contributed by atoms with Gasteiger partial charge in [0.15, 0.2) is 0 Å². The summed E-state index contributed by atoms with van der Waals surface area (Å²) in [7, 11) is 0. The van der Waals surface area contributed by atoms with Crippen LogP contribution in [0, 0.1) is 0 Å². The Bertz CT molecular complexity index is 692. The van der Waals surface area contributed by atoms with E-state index in [1.807, 2.05) is 13.8 Å². The van der Waals surface area contributed by atoms with Gasteiger partial charge in [-0.1, -0.05) is 37.0 Å². The zero-order valence-corrected chi connectivity index (χ0v) is 14.4. The highest BCUT2D eigenvalue weighted by molar-refractivity contribution is 9.10. The molecule has 2 aromatic rings. The number of carbonyl (C=O) groups is 1. The first-order valence-corrected chi connectivity index (χ1v) is 7.71. The van der Waals surface area contributed by atoms with Crippen LogP contribution in [0.2, 0.25) is 10.3 Å². The van der Waals surface area contributed by atoms with Crippen molar-refractivity contribution < 1.29 is 4.79 Å². The highest BCUT2D eigenvalue weighted by Crippen LogP contribution is 2.24. The van der Waals surface area contributed by atoms with Crippen LogP contribution in [0.3, 0.4) is 0 Å². The number of rotatable bonds is 3. The summed E-state index contributed by atoms with van der Waals surface area (Å²) in [5.41, 5.74) is 1.75. The molecule has 0 fully saturated rings. The number of hydrogen-bond acceptors (Lipinski definition) is 3. The van der Waals surface area contributed by atoms with Crippen LogP contribution in [0.5, 0.6) is 0 Å². The van der Waals surface area contributed by atoms with Crippen molar-refractivity contribution in [2.75, 3.05) is 5.32 Å². The Balaban J connectivity index is 2.25. The van der Waals surface area contributed by atoms with E-state index in [1.165, 1.54) is 12.3 Å². The summed E-state index contributed by atoms with van der Waals surface area (Å²) < 4.78 is 0.609. The predicted octanol–water partition coefficient (Wildman–Crippen LogP) is 4.92. The van der Waals surface area contributed by atoms with Crippen LogP contribution in [-0.4, -0.2) is 15.9 Å². The fourth-order valence-corrected chi connectivity index (χ4v) is 2.30. The minimum absolute atomic E-state index is 0.182. The SMILES string of the molecule is CC(C)c1cc(C(=O)Nc2cnc(Cl)c(Br)c2)cc(Cl)n1. The van der Waals surface area contributed by atoms with E-state index in [9.17, 15) is 4.79 Å². The summed E-state index contributed by atoms with van der Waals surface area (Å²) in [4.78, 5) is 20.4. The molecule has 4 nitrogen and oxygen atoms in total. The Kier molecular flexibility index (Phi) is 5.19. The van der Waals surface area contributed by atoms with E-state index < -0.39 is 0 Å². The van der Waals surface area contributed by atoms with Crippen LogP contribution < -0.4 is 5.32 Å². The zero-order chi connectivity index (χ0) is 15.6. The van der Waals surface area contributed by atoms with Crippen LogP contribution in [0.1, 0.15) is 35.8 Å². The molecule has 0 atom stereocenters. The third-order valence-electron chi connectivity index (χ3n) is 2.72. The van der Waals surface area contributed by atoms with Gasteiger partial charge in [0.25, 0.3) is 5.91 Å². The molecule has 1 N–H and O–H groups in total. The van der Waals surface area contributed by atoms with Gasteiger partial charge in [0.1, 0.15) is 10.3 Å². The van der Waals surface area contributed by atoms with Crippen LogP contribution >= 0.6 is 39.1 Å². The number of halogens is 3. The van der Waals surface area contributed by atoms with E-state index in [0.717, 1.165) is 5.69 Å². The number of amides is 1. The molecule has 0 saturated heterocycles. The molecule has 7 heteroatoms. The normalized spacial score (nSPS) is 10.8. The predicted molar refractivity (Wildman–Crippen MR) is 88.2 cm³/mol. The van der Waals surface area contributed by atoms with Crippen LogP contribution in [-0.2, 0) is 0 Å². The number of nitrogens with one attached hydrogen (secondary N) is 1. The van der Waals surface area contributed by atoms with E-state index >= 15 is 0 Å². The Morgan fingerprint density at radius 2 is 2.00 bits per heavy atom. The Morgan fingerprint density at radius 1 is 1.29 bits per heavy atom. The molecule has 0 bridgehead atoms. The van der Waals surface area contributed by atoms with Gasteiger partial charge in [0.05, 0.1) is 16.4 Å². The molecule has 0 unspecified atom stereocenters. The van der Waals surface area contributed by atoms with Gasteiger partial charge in [0, 0.05) is 11.3 Å². The Hall–Kier alpha value is -1.17. The van der Waals surface area contributed by atoms with Crippen LogP contribution in [0.4, 0.5) is 5.69 Å². The third kappa shape index (κ3) is 4.15. The maximum Gasteiger partial charge on any atom is 0.255 e. The van der Waals surface area contributed by atoms with E-state index in [-0.39, 0.29) is 11.8 Å². The lowest BCUT2D eigenvalue weighted by Gasteiger charge is -2.09. The highest BCUT2D eigenvalue weighted by atomic mass is 79.9. The maximum atomic E-state index is 12.3. The topological polar surface area (TPSA) is 54.9 Å². The minimum Gasteiger partial charge on any atom is -0.321 e. The molecular weight excluding hydrogens is 377 g/mol.